The molecule has 0 spiro atoms. The molecule has 0 N–H and O–H groups in total. The lowest BCUT2D eigenvalue weighted by Gasteiger charge is -2.45. The van der Waals surface area contributed by atoms with E-state index in [2.05, 4.69) is 270 Å². The second-order valence-electron chi connectivity index (χ2n) is 18.1. The monoisotopic (exact) mass is 926 g/mol. The largest absolute Gasteiger partial charge is 0.311 e. The zero-order valence-electron chi connectivity index (χ0n) is 38.3. The molecule has 4 heterocycles. The molecule has 9 aromatic carbocycles. The highest BCUT2D eigenvalue weighted by atomic mass is 28.3. The average molecular weight is 927 g/mol. The van der Waals surface area contributed by atoms with Crippen LogP contribution >= 0.6 is 0 Å². The van der Waals surface area contributed by atoms with Gasteiger partial charge >= 0.3 is 0 Å². The number of rotatable bonds is 9. The molecule has 0 fully saturated rings. The lowest BCUT2D eigenvalue weighted by atomic mass is 10.1. The van der Waals surface area contributed by atoms with E-state index in [4.69, 9.17) is 9.97 Å². The van der Waals surface area contributed by atoms with Crippen LogP contribution in [-0.4, -0.2) is 30.7 Å². The molecule has 3 aromatic heterocycles. The fourth-order valence-corrected chi connectivity index (χ4v) is 21.8. The Morgan fingerprint density at radius 3 is 1.60 bits per heavy atom. The molecule has 1 aliphatic heterocycles. The van der Waals surface area contributed by atoms with E-state index < -0.39 is 16.1 Å². The summed E-state index contributed by atoms with van der Waals surface area (Å²) in [6.45, 7) is 0. The second kappa shape index (κ2) is 17.1. The molecule has 330 valence electrons. The summed E-state index contributed by atoms with van der Waals surface area (Å²) in [6.07, 6.45) is 3.84. The van der Waals surface area contributed by atoms with Gasteiger partial charge in [-0.3, -0.25) is 9.55 Å². The minimum absolute atomic E-state index is 0.932. The number of nitrogens with zero attached hydrogens (tertiary/aromatic N) is 4. The molecule has 0 unspecified atom stereocenters. The van der Waals surface area contributed by atoms with Gasteiger partial charge in [0.15, 0.2) is 16.1 Å². The van der Waals surface area contributed by atoms with E-state index in [1.54, 1.807) is 0 Å². The van der Waals surface area contributed by atoms with Crippen molar-refractivity contribution in [1.29, 1.82) is 0 Å². The van der Waals surface area contributed by atoms with E-state index in [1.807, 2.05) is 18.5 Å². The molecule has 6 heteroatoms. The summed E-state index contributed by atoms with van der Waals surface area (Å²) in [4.78, 5) is 12.7. The summed E-state index contributed by atoms with van der Waals surface area (Å²) in [6, 6.07) is 99.0. The predicted molar refractivity (Wildman–Crippen MR) is 297 cm³/mol. The van der Waals surface area contributed by atoms with Crippen molar-refractivity contribution in [1.82, 2.24) is 14.5 Å². The van der Waals surface area contributed by atoms with Crippen LogP contribution in [-0.2, 0) is 0 Å². The number of fused-ring (bicyclic) bond motifs is 6. The van der Waals surface area contributed by atoms with Gasteiger partial charge in [-0.25, -0.2) is 4.98 Å². The molecule has 12 aromatic rings. The van der Waals surface area contributed by atoms with Gasteiger partial charge < -0.3 is 4.90 Å². The molecular weight excluding hydrogens is 881 g/mol. The third-order valence-corrected chi connectivity index (χ3v) is 24.1. The maximum Gasteiger partial charge on any atom is 0.186 e. The summed E-state index contributed by atoms with van der Waals surface area (Å²) >= 11 is 0. The molecule has 0 saturated heterocycles. The first-order chi connectivity index (χ1) is 34.8. The summed E-state index contributed by atoms with van der Waals surface area (Å²) in [5.41, 5.74) is 8.75. The van der Waals surface area contributed by atoms with Crippen molar-refractivity contribution in [2.45, 2.75) is 0 Å². The van der Waals surface area contributed by atoms with Crippen LogP contribution in [0.25, 0.3) is 38.9 Å². The van der Waals surface area contributed by atoms with Crippen LogP contribution < -0.4 is 46.4 Å². The Morgan fingerprint density at radius 2 is 0.929 bits per heavy atom. The van der Waals surface area contributed by atoms with Crippen LogP contribution in [0.1, 0.15) is 0 Å². The number of benzene rings is 9. The van der Waals surface area contributed by atoms with Gasteiger partial charge in [0.05, 0.1) is 11.2 Å². The average Bonchev–Trinajstić information content (AvgIpc) is 3.79. The highest BCUT2D eigenvalue weighted by Gasteiger charge is 2.51. The van der Waals surface area contributed by atoms with Gasteiger partial charge in [0, 0.05) is 56.7 Å². The van der Waals surface area contributed by atoms with E-state index in [1.165, 1.54) is 63.8 Å². The number of hydrogen-bond acceptors (Lipinski definition) is 3. The van der Waals surface area contributed by atoms with Crippen molar-refractivity contribution in [2.24, 2.45) is 0 Å². The van der Waals surface area contributed by atoms with Gasteiger partial charge in [-0.1, -0.05) is 206 Å². The molecule has 0 saturated carbocycles. The quantitative estimate of drug-likeness (QED) is 0.107. The summed E-state index contributed by atoms with van der Waals surface area (Å²) in [5, 5.41) is 12.8. The molecule has 4 nitrogen and oxygen atoms in total. The van der Waals surface area contributed by atoms with Crippen molar-refractivity contribution in [3.8, 4) is 16.9 Å². The first kappa shape index (κ1) is 41.5. The number of hydrogen-bond donors (Lipinski definition) is 0. The van der Waals surface area contributed by atoms with Gasteiger partial charge in [-0.05, 0) is 97.0 Å². The van der Waals surface area contributed by atoms with E-state index in [9.17, 15) is 0 Å². The lowest BCUT2D eigenvalue weighted by Crippen LogP contribution is -2.77. The topological polar surface area (TPSA) is 34.0 Å². The Morgan fingerprint density at radius 1 is 0.371 bits per heavy atom. The first-order valence-electron chi connectivity index (χ1n) is 24.0. The van der Waals surface area contributed by atoms with Crippen LogP contribution in [0.2, 0.25) is 0 Å². The normalized spacial score (nSPS) is 12.9. The highest BCUT2D eigenvalue weighted by Crippen LogP contribution is 2.42. The Bertz CT molecular complexity index is 3750. The van der Waals surface area contributed by atoms with Crippen molar-refractivity contribution in [2.75, 3.05) is 4.90 Å². The van der Waals surface area contributed by atoms with Crippen molar-refractivity contribution >= 4 is 96.6 Å². The zero-order valence-corrected chi connectivity index (χ0v) is 40.3. The van der Waals surface area contributed by atoms with Crippen LogP contribution in [0.3, 0.4) is 0 Å². The third-order valence-electron chi connectivity index (χ3n) is 14.5. The number of pyridine rings is 2. The zero-order chi connectivity index (χ0) is 46.5. The SMILES string of the molecule is c1ccc(N2c3ccccc3[Si](c3ccccc3)(c3ccccc3)c3c2ccc2c4cccnc4n(-c4cccc([Si](c5ccccc5)(c5ccccc5)c5cccc(-c6ccccn6)c5)c4)c32)cc1. The number of aromatic nitrogens is 3. The Labute approximate surface area is 410 Å². The molecule has 0 amide bonds. The van der Waals surface area contributed by atoms with Gasteiger partial charge in [-0.2, -0.15) is 0 Å². The Balaban J connectivity index is 1.18. The van der Waals surface area contributed by atoms with Crippen LogP contribution in [0.4, 0.5) is 17.1 Å². The van der Waals surface area contributed by atoms with E-state index in [0.29, 0.717) is 0 Å². The second-order valence-corrected chi connectivity index (χ2v) is 25.6. The molecule has 0 bridgehead atoms. The van der Waals surface area contributed by atoms with E-state index in [-0.39, 0.29) is 0 Å². The maximum absolute atomic E-state index is 5.34. The molecule has 70 heavy (non-hydrogen) atoms. The van der Waals surface area contributed by atoms with E-state index >= 15 is 0 Å². The van der Waals surface area contributed by atoms with Gasteiger partial charge in [0.25, 0.3) is 0 Å². The standard InChI is InChI=1S/C64H46N4Si2/c1-6-24-48(25-7-1)67-59-39-16-17-40-61(59)70(52-31-12-4-13-32-52,53-33-14-5-15-34-53)63-60(67)42-41-56-57-37-22-44-66-64(57)68(62(56)63)49-26-21-36-55(46-49)69(50-27-8-2-9-28-50,51-29-10-3-11-30-51)54-35-20-23-47(45-54)58-38-18-19-43-65-58/h1-46H. The smallest absolute Gasteiger partial charge is 0.186 e. The van der Waals surface area contributed by atoms with Gasteiger partial charge in [-0.15, -0.1) is 0 Å². The molecule has 1 aliphatic rings. The van der Waals surface area contributed by atoms with E-state index in [0.717, 1.165) is 33.7 Å². The fraction of sp³-hybridized carbons (Fsp3) is 0. The number of anilines is 3. The van der Waals surface area contributed by atoms with Crippen LogP contribution in [0.5, 0.6) is 0 Å². The third kappa shape index (κ3) is 6.34. The number of para-hydroxylation sites is 2. The Kier molecular flexibility index (Phi) is 10.2. The fourth-order valence-electron chi connectivity index (χ4n) is 11.7. The summed E-state index contributed by atoms with van der Waals surface area (Å²) < 4.78 is 2.51. The summed E-state index contributed by atoms with van der Waals surface area (Å²) in [5.74, 6) is 0. The molecule has 13 rings (SSSR count). The molecule has 0 atom stereocenters. The van der Waals surface area contributed by atoms with Crippen molar-refractivity contribution in [3.05, 3.63) is 279 Å². The predicted octanol–water partition coefficient (Wildman–Crippen LogP) is 9.78. The van der Waals surface area contributed by atoms with Crippen molar-refractivity contribution < 1.29 is 0 Å². The minimum Gasteiger partial charge on any atom is -0.311 e. The maximum atomic E-state index is 5.34. The molecule has 0 radical (unpaired) electrons. The molecule has 0 aliphatic carbocycles. The Hall–Kier alpha value is -8.69. The van der Waals surface area contributed by atoms with Gasteiger partial charge in [0.1, 0.15) is 5.65 Å². The minimum atomic E-state index is -3.18. The first-order valence-corrected chi connectivity index (χ1v) is 28.0. The van der Waals surface area contributed by atoms with Crippen molar-refractivity contribution in [3.63, 3.8) is 0 Å². The summed E-state index contributed by atoms with van der Waals surface area (Å²) in [7, 11) is -6.25. The lowest BCUT2D eigenvalue weighted by molar-refractivity contribution is 1.14. The van der Waals surface area contributed by atoms with Crippen LogP contribution in [0, 0.1) is 0 Å². The van der Waals surface area contributed by atoms with Gasteiger partial charge in [0.2, 0.25) is 0 Å². The van der Waals surface area contributed by atoms with Crippen LogP contribution in [0.15, 0.2) is 279 Å². The highest BCUT2D eigenvalue weighted by molar-refractivity contribution is 7.22. The molecular formula is C64H46N4Si2.